The molecule has 0 spiro atoms. The predicted molar refractivity (Wildman–Crippen MR) is 104 cm³/mol. The van der Waals surface area contributed by atoms with Crippen LogP contribution in [0.2, 0.25) is 0 Å². The fraction of sp³-hybridized carbons (Fsp3) is 0.600. The molecule has 2 rings (SSSR count). The zero-order valence-corrected chi connectivity index (χ0v) is 18.2. The van der Waals surface area contributed by atoms with Gasteiger partial charge in [0.15, 0.2) is 17.6 Å². The van der Waals surface area contributed by atoms with Gasteiger partial charge in [0.25, 0.3) is 5.79 Å². The summed E-state index contributed by atoms with van der Waals surface area (Å²) in [5, 5.41) is 0. The number of carbonyl (C=O) groups is 2. The topological polar surface area (TPSA) is 87.7 Å². The van der Waals surface area contributed by atoms with E-state index in [1.807, 2.05) is 0 Å². The molecule has 162 valence electrons. The number of hydrogen-bond donors (Lipinski definition) is 1. The number of nitrogens with one attached hydrogen (secondary N) is 1. The van der Waals surface area contributed by atoms with E-state index >= 15 is 0 Å². The van der Waals surface area contributed by atoms with Crippen molar-refractivity contribution in [3.63, 3.8) is 0 Å². The quantitative estimate of drug-likeness (QED) is 0.422. The molecule has 1 aromatic carbocycles. The van der Waals surface area contributed by atoms with Gasteiger partial charge in [-0.1, -0.05) is 12.1 Å². The number of hydrogen-bond acceptors (Lipinski definition) is 6. The smallest absolute Gasteiger partial charge is 0.323 e. The molecule has 0 radical (unpaired) electrons. The molecule has 1 aliphatic heterocycles. The number of cyclic esters (lactones) is 2. The summed E-state index contributed by atoms with van der Waals surface area (Å²) in [6.07, 6.45) is -0.0565. The van der Waals surface area contributed by atoms with Gasteiger partial charge in [0, 0.05) is 30.8 Å². The first-order chi connectivity index (χ1) is 13.2. The molecule has 1 unspecified atom stereocenters. The molecule has 29 heavy (non-hydrogen) atoms. The highest BCUT2D eigenvalue weighted by Crippen LogP contribution is 2.35. The average molecular weight is 432 g/mol. The van der Waals surface area contributed by atoms with Crippen molar-refractivity contribution >= 4 is 23.3 Å². The van der Waals surface area contributed by atoms with Gasteiger partial charge in [-0.15, -0.1) is 4.72 Å². The lowest BCUT2D eigenvalue weighted by atomic mass is 9.85. The Labute approximate surface area is 172 Å². The van der Waals surface area contributed by atoms with Crippen LogP contribution < -0.4 is 4.72 Å². The zero-order chi connectivity index (χ0) is 22.2. The first-order valence-corrected chi connectivity index (χ1v) is 10.4. The van der Waals surface area contributed by atoms with Gasteiger partial charge in [-0.2, -0.15) is 0 Å². The van der Waals surface area contributed by atoms with Crippen molar-refractivity contribution in [3.05, 3.63) is 35.4 Å². The van der Waals surface area contributed by atoms with Crippen LogP contribution in [-0.4, -0.2) is 27.0 Å². The van der Waals surface area contributed by atoms with Crippen molar-refractivity contribution in [2.45, 2.75) is 70.5 Å². The SMILES string of the molecule is CC1(C)OC(=O)C(CC[C@](C)(N[S+]([O-])C(C)(C)C)c2cccc(F)c2F)C(=O)O1. The number of carbonyl (C=O) groups excluding carboxylic acids is 2. The van der Waals surface area contributed by atoms with Gasteiger partial charge in [-0.25, -0.2) is 8.78 Å². The second-order valence-corrected chi connectivity index (χ2v) is 10.7. The van der Waals surface area contributed by atoms with Gasteiger partial charge in [0.1, 0.15) is 4.75 Å². The summed E-state index contributed by atoms with van der Waals surface area (Å²) in [4.78, 5) is 24.5. The number of ether oxygens (including phenoxy) is 2. The summed E-state index contributed by atoms with van der Waals surface area (Å²) in [6, 6.07) is 3.71. The molecule has 1 aromatic rings. The maximum atomic E-state index is 14.6. The summed E-state index contributed by atoms with van der Waals surface area (Å²) in [5.74, 6) is -6.17. The Balaban J connectivity index is 2.32. The highest BCUT2D eigenvalue weighted by atomic mass is 32.2. The number of benzene rings is 1. The number of esters is 2. The monoisotopic (exact) mass is 431 g/mol. The van der Waals surface area contributed by atoms with E-state index in [1.165, 1.54) is 26.0 Å². The van der Waals surface area contributed by atoms with E-state index in [9.17, 15) is 22.9 Å². The van der Waals surface area contributed by atoms with Crippen molar-refractivity contribution in [3.8, 4) is 0 Å². The van der Waals surface area contributed by atoms with Crippen molar-refractivity contribution in [1.82, 2.24) is 4.72 Å². The van der Waals surface area contributed by atoms with E-state index in [0.717, 1.165) is 6.07 Å². The van der Waals surface area contributed by atoms with Crippen LogP contribution in [0.3, 0.4) is 0 Å². The summed E-state index contributed by atoms with van der Waals surface area (Å²) in [6.45, 7) is 9.64. The molecule has 0 bridgehead atoms. The summed E-state index contributed by atoms with van der Waals surface area (Å²) in [5.41, 5.74) is -1.37. The van der Waals surface area contributed by atoms with E-state index < -0.39 is 56.9 Å². The molecule has 9 heteroatoms. The van der Waals surface area contributed by atoms with Gasteiger partial charge in [0.2, 0.25) is 0 Å². The molecule has 2 atom stereocenters. The molecule has 1 saturated heterocycles. The fourth-order valence-corrected chi connectivity index (χ4v) is 3.87. The Hall–Kier alpha value is -1.71. The first-order valence-electron chi connectivity index (χ1n) is 9.26. The third kappa shape index (κ3) is 5.46. The Morgan fingerprint density at radius 1 is 1.14 bits per heavy atom. The van der Waals surface area contributed by atoms with Crippen LogP contribution >= 0.6 is 0 Å². The van der Waals surface area contributed by atoms with E-state index in [4.69, 9.17) is 9.47 Å². The second kappa shape index (κ2) is 8.20. The Kier molecular flexibility index (Phi) is 6.66. The molecule has 0 aliphatic carbocycles. The summed E-state index contributed by atoms with van der Waals surface area (Å²) >= 11 is -1.63. The second-order valence-electron chi connectivity index (χ2n) is 8.75. The average Bonchev–Trinajstić information content (AvgIpc) is 2.54. The minimum Gasteiger partial charge on any atom is -0.598 e. The van der Waals surface area contributed by atoms with Crippen LogP contribution in [0.5, 0.6) is 0 Å². The molecule has 6 nitrogen and oxygen atoms in total. The third-order valence-corrected chi connectivity index (χ3v) is 6.36. The lowest BCUT2D eigenvalue weighted by molar-refractivity contribution is -0.240. The van der Waals surface area contributed by atoms with Crippen molar-refractivity contribution in [1.29, 1.82) is 0 Å². The summed E-state index contributed by atoms with van der Waals surface area (Å²) < 4.78 is 53.5. The minimum atomic E-state index is -1.63. The van der Waals surface area contributed by atoms with Crippen LogP contribution in [0.4, 0.5) is 8.78 Å². The fourth-order valence-electron chi connectivity index (χ4n) is 2.94. The third-order valence-electron chi connectivity index (χ3n) is 4.62. The van der Waals surface area contributed by atoms with Gasteiger partial charge in [-0.05, 0) is 46.6 Å². The largest absolute Gasteiger partial charge is 0.598 e. The first kappa shape index (κ1) is 23.6. The normalized spacial score (nSPS) is 20.6. The highest BCUT2D eigenvalue weighted by molar-refractivity contribution is 7.90. The molecule has 1 fully saturated rings. The maximum absolute atomic E-state index is 14.6. The van der Waals surface area contributed by atoms with E-state index in [2.05, 4.69) is 4.72 Å². The predicted octanol–water partition coefficient (Wildman–Crippen LogP) is 3.46. The van der Waals surface area contributed by atoms with E-state index in [0.29, 0.717) is 0 Å². The molecule has 0 aromatic heterocycles. The van der Waals surface area contributed by atoms with Crippen LogP contribution in [0.25, 0.3) is 0 Å². The van der Waals surface area contributed by atoms with E-state index in [-0.39, 0.29) is 18.4 Å². The van der Waals surface area contributed by atoms with Crippen LogP contribution in [-0.2, 0) is 36.0 Å². The molecule has 1 N–H and O–H groups in total. The molecular formula is C20H27F2NO5S. The lowest BCUT2D eigenvalue weighted by Crippen LogP contribution is -2.51. The van der Waals surface area contributed by atoms with Gasteiger partial charge >= 0.3 is 11.9 Å². The molecular weight excluding hydrogens is 404 g/mol. The molecule has 0 saturated carbocycles. The Morgan fingerprint density at radius 3 is 2.21 bits per heavy atom. The maximum Gasteiger partial charge on any atom is 0.323 e. The number of rotatable bonds is 6. The standard InChI is InChI=1S/C20H27F2NO5S/c1-18(2,3)29(26)23-20(6,13-8-7-9-14(21)15(13)22)11-10-12-16(24)27-19(4,5)28-17(12)25/h7-9,12,23H,10-11H2,1-6H3/t20-,29?/m0/s1. The molecule has 0 amide bonds. The van der Waals surface area contributed by atoms with Gasteiger partial charge in [0.05, 0.1) is 5.54 Å². The Bertz CT molecular complexity index is 776. The lowest BCUT2D eigenvalue weighted by Gasteiger charge is -2.37. The number of halogens is 2. The highest BCUT2D eigenvalue weighted by Gasteiger charge is 2.46. The minimum absolute atomic E-state index is 0.00445. The van der Waals surface area contributed by atoms with Crippen LogP contribution in [0, 0.1) is 17.6 Å². The van der Waals surface area contributed by atoms with Crippen LogP contribution in [0.1, 0.15) is 59.9 Å². The molecule has 1 heterocycles. The zero-order valence-electron chi connectivity index (χ0n) is 17.4. The molecule has 1 aliphatic rings. The Morgan fingerprint density at radius 2 is 1.69 bits per heavy atom. The van der Waals surface area contributed by atoms with Crippen molar-refractivity contribution < 1.29 is 32.4 Å². The van der Waals surface area contributed by atoms with Gasteiger partial charge in [-0.3, -0.25) is 9.59 Å². The van der Waals surface area contributed by atoms with Crippen molar-refractivity contribution in [2.24, 2.45) is 5.92 Å². The van der Waals surface area contributed by atoms with Crippen LogP contribution in [0.15, 0.2) is 18.2 Å². The van der Waals surface area contributed by atoms with Gasteiger partial charge < -0.3 is 14.0 Å². The van der Waals surface area contributed by atoms with E-state index in [1.54, 1.807) is 27.7 Å². The summed E-state index contributed by atoms with van der Waals surface area (Å²) in [7, 11) is 0. The van der Waals surface area contributed by atoms with Crippen molar-refractivity contribution in [2.75, 3.05) is 0 Å².